The van der Waals surface area contributed by atoms with E-state index in [2.05, 4.69) is 4.72 Å². The van der Waals surface area contributed by atoms with Gasteiger partial charge in [-0.3, -0.25) is 9.59 Å². The highest BCUT2D eigenvalue weighted by atomic mass is 32.2. The Morgan fingerprint density at radius 3 is 2.14 bits per heavy atom. The summed E-state index contributed by atoms with van der Waals surface area (Å²) < 4.78 is 31.8. The number of Topliss-reactive ketones (excluding diaryl/α,β-unsaturated/α-hetero) is 1. The van der Waals surface area contributed by atoms with E-state index in [1.807, 2.05) is 33.8 Å². The topological polar surface area (TPSA) is 89.5 Å². The van der Waals surface area contributed by atoms with Gasteiger partial charge in [-0.25, -0.2) is 8.42 Å². The number of sulfonamides is 1. The van der Waals surface area contributed by atoms with Crippen molar-refractivity contribution in [3.63, 3.8) is 0 Å². The van der Waals surface area contributed by atoms with Gasteiger partial charge >= 0.3 is 5.97 Å². The zero-order chi connectivity index (χ0) is 21.1. The number of hydrogen-bond donors (Lipinski definition) is 1. The van der Waals surface area contributed by atoms with Crippen LogP contribution in [0.25, 0.3) is 0 Å². The van der Waals surface area contributed by atoms with Gasteiger partial charge in [0.2, 0.25) is 15.8 Å². The fraction of sp³-hybridized carbons (Fsp3) is 0.333. The van der Waals surface area contributed by atoms with Gasteiger partial charge in [-0.05, 0) is 69.5 Å². The first kappa shape index (κ1) is 21.8. The van der Waals surface area contributed by atoms with Crippen LogP contribution < -0.4 is 4.72 Å². The molecule has 0 amide bonds. The maximum absolute atomic E-state index is 12.6. The fourth-order valence-electron chi connectivity index (χ4n) is 2.69. The Morgan fingerprint density at radius 2 is 1.54 bits per heavy atom. The van der Waals surface area contributed by atoms with E-state index < -0.39 is 28.6 Å². The summed E-state index contributed by atoms with van der Waals surface area (Å²) in [7, 11) is -3.83. The van der Waals surface area contributed by atoms with Gasteiger partial charge < -0.3 is 4.74 Å². The molecule has 2 aromatic carbocycles. The van der Waals surface area contributed by atoms with Crippen LogP contribution in [0.4, 0.5) is 0 Å². The quantitative estimate of drug-likeness (QED) is 0.567. The van der Waals surface area contributed by atoms with Crippen molar-refractivity contribution in [2.75, 3.05) is 6.54 Å². The molecule has 1 atom stereocenters. The summed E-state index contributed by atoms with van der Waals surface area (Å²) >= 11 is 0. The van der Waals surface area contributed by atoms with Crippen LogP contribution in [0.5, 0.6) is 0 Å². The van der Waals surface area contributed by atoms with E-state index in [1.165, 1.54) is 19.1 Å². The van der Waals surface area contributed by atoms with Gasteiger partial charge in [-0.2, -0.15) is 4.72 Å². The predicted octanol–water partition coefficient (Wildman–Crippen LogP) is 3.01. The van der Waals surface area contributed by atoms with Crippen molar-refractivity contribution < 1.29 is 22.7 Å². The van der Waals surface area contributed by atoms with Crippen molar-refractivity contribution >= 4 is 21.8 Å². The molecular weight excluding hydrogens is 378 g/mol. The van der Waals surface area contributed by atoms with Crippen LogP contribution in [0.1, 0.15) is 39.5 Å². The molecule has 1 unspecified atom stereocenters. The number of carbonyl (C=O) groups is 2. The summed E-state index contributed by atoms with van der Waals surface area (Å²) in [5.74, 6) is -1.15. The number of ether oxygens (including phenoxy) is 1. The zero-order valence-electron chi connectivity index (χ0n) is 16.7. The van der Waals surface area contributed by atoms with E-state index in [0.29, 0.717) is 5.56 Å². The molecule has 0 aliphatic rings. The number of hydrogen-bond acceptors (Lipinski definition) is 5. The molecule has 0 saturated carbocycles. The summed E-state index contributed by atoms with van der Waals surface area (Å²) in [4.78, 5) is 24.7. The molecule has 1 N–H and O–H groups in total. The van der Waals surface area contributed by atoms with Gasteiger partial charge in [0.1, 0.15) is 6.54 Å². The lowest BCUT2D eigenvalue weighted by atomic mass is 9.96. The minimum absolute atomic E-state index is 0.0563. The van der Waals surface area contributed by atoms with Crippen molar-refractivity contribution in [1.82, 2.24) is 4.72 Å². The first-order valence-electron chi connectivity index (χ1n) is 8.89. The van der Waals surface area contributed by atoms with E-state index >= 15 is 0 Å². The standard InChI is InChI=1S/C21H25NO5S/c1-13-6-8-18(9-7-13)28(25,26)22-12-20(23)27-17(5)21(24)19-11-15(3)14(2)10-16(19)4/h6-11,17,22H,12H2,1-5H3. The van der Waals surface area contributed by atoms with Gasteiger partial charge in [0.15, 0.2) is 6.10 Å². The average molecular weight is 404 g/mol. The van der Waals surface area contributed by atoms with Crippen LogP contribution in [-0.4, -0.2) is 32.8 Å². The maximum atomic E-state index is 12.6. The summed E-state index contributed by atoms with van der Waals surface area (Å²) in [5, 5.41) is 0. The van der Waals surface area contributed by atoms with Crippen molar-refractivity contribution in [2.45, 2.75) is 45.6 Å². The Kier molecular flexibility index (Phi) is 6.74. The molecule has 0 saturated heterocycles. The van der Waals surface area contributed by atoms with E-state index in [1.54, 1.807) is 18.2 Å². The lowest BCUT2D eigenvalue weighted by Gasteiger charge is -2.15. The molecule has 0 fully saturated rings. The van der Waals surface area contributed by atoms with Crippen molar-refractivity contribution in [3.05, 3.63) is 64.2 Å². The largest absolute Gasteiger partial charge is 0.453 e. The Bertz CT molecular complexity index is 994. The molecule has 0 spiro atoms. The van der Waals surface area contributed by atoms with Gasteiger partial charge in [0.25, 0.3) is 0 Å². The van der Waals surface area contributed by atoms with Crippen molar-refractivity contribution in [3.8, 4) is 0 Å². The number of rotatable bonds is 7. The minimum atomic E-state index is -3.83. The fourth-order valence-corrected chi connectivity index (χ4v) is 3.66. The highest BCUT2D eigenvalue weighted by Crippen LogP contribution is 2.18. The molecular formula is C21H25NO5S. The molecule has 150 valence electrons. The second-order valence-corrected chi connectivity index (χ2v) is 8.65. The summed E-state index contributed by atoms with van der Waals surface area (Å²) in [6.45, 7) is 8.45. The molecule has 0 heterocycles. The van der Waals surface area contributed by atoms with E-state index in [0.717, 1.165) is 22.3 Å². The summed E-state index contributed by atoms with van der Waals surface area (Å²) in [6.07, 6.45) is -1.02. The molecule has 2 rings (SSSR count). The summed E-state index contributed by atoms with van der Waals surface area (Å²) in [6, 6.07) is 9.93. The molecule has 2 aromatic rings. The molecule has 0 aromatic heterocycles. The van der Waals surface area contributed by atoms with Crippen LogP contribution >= 0.6 is 0 Å². The Balaban J connectivity index is 2.00. The SMILES string of the molecule is Cc1ccc(S(=O)(=O)NCC(=O)OC(C)C(=O)c2cc(C)c(C)cc2C)cc1. The first-order valence-corrected chi connectivity index (χ1v) is 10.4. The highest BCUT2D eigenvalue weighted by Gasteiger charge is 2.23. The zero-order valence-corrected chi connectivity index (χ0v) is 17.5. The molecule has 7 heteroatoms. The van der Waals surface area contributed by atoms with Gasteiger partial charge in [-0.1, -0.05) is 23.8 Å². The molecule has 0 bridgehead atoms. The van der Waals surface area contributed by atoms with Crippen LogP contribution in [0, 0.1) is 27.7 Å². The highest BCUT2D eigenvalue weighted by molar-refractivity contribution is 7.89. The number of ketones is 1. The van der Waals surface area contributed by atoms with E-state index in [9.17, 15) is 18.0 Å². The number of aryl methyl sites for hydroxylation is 4. The van der Waals surface area contributed by atoms with Crippen LogP contribution in [0.15, 0.2) is 41.3 Å². The molecule has 0 aliphatic heterocycles. The molecule has 0 radical (unpaired) electrons. The third-order valence-electron chi connectivity index (χ3n) is 4.52. The normalized spacial score (nSPS) is 12.5. The van der Waals surface area contributed by atoms with Crippen LogP contribution in [0.2, 0.25) is 0 Å². The third-order valence-corrected chi connectivity index (χ3v) is 5.94. The van der Waals surface area contributed by atoms with Crippen molar-refractivity contribution in [1.29, 1.82) is 0 Å². The number of nitrogens with one attached hydrogen (secondary N) is 1. The number of benzene rings is 2. The Hall–Kier alpha value is -2.51. The Morgan fingerprint density at radius 1 is 0.964 bits per heavy atom. The molecule has 28 heavy (non-hydrogen) atoms. The van der Waals surface area contributed by atoms with Gasteiger partial charge in [0.05, 0.1) is 4.90 Å². The second kappa shape index (κ2) is 8.67. The van der Waals surface area contributed by atoms with E-state index in [-0.39, 0.29) is 10.7 Å². The van der Waals surface area contributed by atoms with E-state index in [4.69, 9.17) is 4.74 Å². The van der Waals surface area contributed by atoms with Crippen molar-refractivity contribution in [2.24, 2.45) is 0 Å². The van der Waals surface area contributed by atoms with Gasteiger partial charge in [-0.15, -0.1) is 0 Å². The first-order chi connectivity index (χ1) is 13.0. The lowest BCUT2D eigenvalue weighted by molar-refractivity contribution is -0.144. The number of esters is 1. The maximum Gasteiger partial charge on any atom is 0.321 e. The smallest absolute Gasteiger partial charge is 0.321 e. The second-order valence-electron chi connectivity index (χ2n) is 6.89. The van der Waals surface area contributed by atoms with Gasteiger partial charge in [0, 0.05) is 5.56 Å². The minimum Gasteiger partial charge on any atom is -0.453 e. The van der Waals surface area contributed by atoms with Crippen LogP contribution in [0.3, 0.4) is 0 Å². The van der Waals surface area contributed by atoms with Crippen LogP contribution in [-0.2, 0) is 19.6 Å². The third kappa shape index (κ3) is 5.27. The predicted molar refractivity (Wildman–Crippen MR) is 107 cm³/mol. The average Bonchev–Trinajstić information content (AvgIpc) is 2.63. The number of carbonyl (C=O) groups excluding carboxylic acids is 2. The Labute approximate surface area is 166 Å². The summed E-state index contributed by atoms with van der Waals surface area (Å²) in [5.41, 5.74) is 4.26. The molecule has 0 aliphatic carbocycles. The molecule has 6 nitrogen and oxygen atoms in total. The monoisotopic (exact) mass is 403 g/mol. The lowest BCUT2D eigenvalue weighted by Crippen LogP contribution is -2.34.